The van der Waals surface area contributed by atoms with Crippen LogP contribution in [0.5, 0.6) is 0 Å². The van der Waals surface area contributed by atoms with Crippen molar-refractivity contribution >= 4 is 11.6 Å². The van der Waals surface area contributed by atoms with Crippen molar-refractivity contribution in [2.24, 2.45) is 0 Å². The van der Waals surface area contributed by atoms with Crippen molar-refractivity contribution in [3.05, 3.63) is 36.0 Å². The Labute approximate surface area is 153 Å². The molecule has 1 saturated heterocycles. The summed E-state index contributed by atoms with van der Waals surface area (Å²) >= 11 is 0. The zero-order valence-electron chi connectivity index (χ0n) is 15.1. The van der Waals surface area contributed by atoms with Crippen LogP contribution < -0.4 is 10.2 Å². The van der Waals surface area contributed by atoms with E-state index in [0.717, 1.165) is 43.5 Å². The molecule has 2 aromatic heterocycles. The molecule has 1 fully saturated rings. The third-order valence-corrected chi connectivity index (χ3v) is 4.62. The molecule has 0 saturated carbocycles. The molecule has 3 N–H and O–H groups in total. The van der Waals surface area contributed by atoms with E-state index in [1.54, 1.807) is 0 Å². The Morgan fingerprint density at radius 1 is 1.23 bits per heavy atom. The SMILES string of the molecule is Cc1ccc(CN2CCN(c3cc(NCCO)ncn3)C[C@@H]2CCO)o1. The number of aryl methyl sites for hydroxylation is 1. The molecule has 1 aliphatic heterocycles. The Kier molecular flexibility index (Phi) is 6.43. The lowest BCUT2D eigenvalue weighted by Crippen LogP contribution is -2.53. The predicted octanol–water partition coefficient (Wildman–Crippen LogP) is 0.855. The van der Waals surface area contributed by atoms with Gasteiger partial charge in [0.2, 0.25) is 0 Å². The van der Waals surface area contributed by atoms with E-state index in [4.69, 9.17) is 9.52 Å². The molecule has 142 valence electrons. The normalized spacial score (nSPS) is 18.3. The molecule has 3 heterocycles. The molecule has 0 spiro atoms. The summed E-state index contributed by atoms with van der Waals surface area (Å²) in [6, 6.07) is 6.12. The molecule has 8 heteroatoms. The molecular formula is C18H27N5O3. The molecule has 3 rings (SSSR count). The first-order valence-corrected chi connectivity index (χ1v) is 9.01. The molecule has 0 aliphatic carbocycles. The fourth-order valence-corrected chi connectivity index (χ4v) is 3.30. The lowest BCUT2D eigenvalue weighted by Gasteiger charge is -2.41. The standard InChI is InChI=1S/C18H27N5O3/c1-14-2-3-16(26-14)12-22-6-7-23(11-15(22)4-8-24)18-10-17(19-5-9-25)20-13-21-18/h2-3,10,13,15,24-25H,4-9,11-12H2,1H3,(H,19,20,21)/t15-/m0/s1. The Morgan fingerprint density at radius 2 is 2.12 bits per heavy atom. The van der Waals surface area contributed by atoms with Crippen molar-refractivity contribution in [1.29, 1.82) is 0 Å². The highest BCUT2D eigenvalue weighted by Crippen LogP contribution is 2.22. The smallest absolute Gasteiger partial charge is 0.134 e. The molecule has 2 aromatic rings. The van der Waals surface area contributed by atoms with Crippen LogP contribution in [0.1, 0.15) is 17.9 Å². The third kappa shape index (κ3) is 4.72. The van der Waals surface area contributed by atoms with Crippen molar-refractivity contribution in [3.63, 3.8) is 0 Å². The molecular weight excluding hydrogens is 334 g/mol. The number of aliphatic hydroxyl groups excluding tert-OH is 2. The van der Waals surface area contributed by atoms with Gasteiger partial charge in [0.25, 0.3) is 0 Å². The van der Waals surface area contributed by atoms with Crippen LogP contribution in [0.15, 0.2) is 28.9 Å². The minimum atomic E-state index is 0.0584. The Morgan fingerprint density at radius 3 is 2.85 bits per heavy atom. The van der Waals surface area contributed by atoms with E-state index >= 15 is 0 Å². The van der Waals surface area contributed by atoms with Gasteiger partial charge in [0.1, 0.15) is 29.5 Å². The van der Waals surface area contributed by atoms with Gasteiger partial charge < -0.3 is 24.8 Å². The summed E-state index contributed by atoms with van der Waals surface area (Å²) in [6.45, 7) is 5.87. The maximum atomic E-state index is 9.48. The van der Waals surface area contributed by atoms with Crippen molar-refractivity contribution in [2.75, 3.05) is 49.6 Å². The summed E-state index contributed by atoms with van der Waals surface area (Å²) in [7, 11) is 0. The summed E-state index contributed by atoms with van der Waals surface area (Å²) < 4.78 is 5.71. The predicted molar refractivity (Wildman–Crippen MR) is 99.2 cm³/mol. The molecule has 0 radical (unpaired) electrons. The third-order valence-electron chi connectivity index (χ3n) is 4.62. The van der Waals surface area contributed by atoms with Gasteiger partial charge in [0.15, 0.2) is 0 Å². The van der Waals surface area contributed by atoms with Gasteiger partial charge in [-0.1, -0.05) is 0 Å². The first-order chi connectivity index (χ1) is 12.7. The van der Waals surface area contributed by atoms with Gasteiger partial charge in [0.05, 0.1) is 13.2 Å². The number of furan rings is 1. The van der Waals surface area contributed by atoms with E-state index in [0.29, 0.717) is 18.8 Å². The monoisotopic (exact) mass is 361 g/mol. The van der Waals surface area contributed by atoms with Gasteiger partial charge in [-0.3, -0.25) is 4.90 Å². The van der Waals surface area contributed by atoms with Crippen LogP contribution in [0.2, 0.25) is 0 Å². The summed E-state index contributed by atoms with van der Waals surface area (Å²) in [6.07, 6.45) is 2.24. The van der Waals surface area contributed by atoms with E-state index in [2.05, 4.69) is 25.1 Å². The van der Waals surface area contributed by atoms with E-state index in [1.807, 2.05) is 25.1 Å². The Bertz CT molecular complexity index is 693. The molecule has 1 aliphatic rings. The number of nitrogens with one attached hydrogen (secondary N) is 1. The number of aromatic nitrogens is 2. The zero-order chi connectivity index (χ0) is 18.4. The van der Waals surface area contributed by atoms with E-state index in [9.17, 15) is 5.11 Å². The number of aliphatic hydroxyl groups is 2. The van der Waals surface area contributed by atoms with Crippen LogP contribution in [0, 0.1) is 6.92 Å². The second-order valence-electron chi connectivity index (χ2n) is 6.51. The highest BCUT2D eigenvalue weighted by atomic mass is 16.3. The minimum Gasteiger partial charge on any atom is -0.465 e. The second-order valence-corrected chi connectivity index (χ2v) is 6.51. The molecule has 1 atom stereocenters. The van der Waals surface area contributed by atoms with Crippen LogP contribution in [-0.2, 0) is 6.54 Å². The number of nitrogens with zero attached hydrogens (tertiary/aromatic N) is 4. The van der Waals surface area contributed by atoms with Crippen LogP contribution in [0.4, 0.5) is 11.6 Å². The quantitative estimate of drug-likeness (QED) is 0.637. The van der Waals surface area contributed by atoms with Gasteiger partial charge in [-0.15, -0.1) is 0 Å². The molecule has 0 amide bonds. The van der Waals surface area contributed by atoms with Crippen molar-refractivity contribution in [2.45, 2.75) is 25.9 Å². The van der Waals surface area contributed by atoms with Crippen molar-refractivity contribution in [1.82, 2.24) is 14.9 Å². The highest BCUT2D eigenvalue weighted by molar-refractivity contribution is 5.49. The van der Waals surface area contributed by atoms with Gasteiger partial charge in [-0.2, -0.15) is 0 Å². The van der Waals surface area contributed by atoms with E-state index in [1.165, 1.54) is 6.33 Å². The van der Waals surface area contributed by atoms with Gasteiger partial charge in [-0.05, 0) is 25.5 Å². The van der Waals surface area contributed by atoms with Crippen LogP contribution in [0.3, 0.4) is 0 Å². The Hall–Kier alpha value is -2.16. The highest BCUT2D eigenvalue weighted by Gasteiger charge is 2.28. The first kappa shape index (κ1) is 18.6. The van der Waals surface area contributed by atoms with Gasteiger partial charge in [0, 0.05) is 44.9 Å². The van der Waals surface area contributed by atoms with E-state index < -0.39 is 0 Å². The number of rotatable bonds is 8. The van der Waals surface area contributed by atoms with Crippen LogP contribution >= 0.6 is 0 Å². The van der Waals surface area contributed by atoms with Crippen molar-refractivity contribution in [3.8, 4) is 0 Å². The fraction of sp³-hybridized carbons (Fsp3) is 0.556. The Balaban J connectivity index is 1.67. The summed E-state index contributed by atoms with van der Waals surface area (Å²) in [4.78, 5) is 13.1. The van der Waals surface area contributed by atoms with Crippen LogP contribution in [0.25, 0.3) is 0 Å². The average molecular weight is 361 g/mol. The van der Waals surface area contributed by atoms with Gasteiger partial charge in [-0.25, -0.2) is 9.97 Å². The first-order valence-electron chi connectivity index (χ1n) is 9.01. The van der Waals surface area contributed by atoms with Gasteiger partial charge >= 0.3 is 0 Å². The minimum absolute atomic E-state index is 0.0584. The maximum Gasteiger partial charge on any atom is 0.134 e. The van der Waals surface area contributed by atoms with Crippen molar-refractivity contribution < 1.29 is 14.6 Å². The molecule has 0 unspecified atom stereocenters. The largest absolute Gasteiger partial charge is 0.465 e. The molecule has 0 aromatic carbocycles. The molecule has 26 heavy (non-hydrogen) atoms. The number of hydrogen-bond acceptors (Lipinski definition) is 8. The summed E-state index contributed by atoms with van der Waals surface area (Å²) in [5.41, 5.74) is 0. The summed E-state index contributed by atoms with van der Waals surface area (Å²) in [5, 5.41) is 21.5. The summed E-state index contributed by atoms with van der Waals surface area (Å²) in [5.74, 6) is 3.44. The van der Waals surface area contributed by atoms with E-state index in [-0.39, 0.29) is 19.3 Å². The lowest BCUT2D eigenvalue weighted by atomic mass is 10.1. The number of anilines is 2. The van der Waals surface area contributed by atoms with Crippen LogP contribution in [-0.4, -0.2) is 70.5 Å². The molecule has 0 bridgehead atoms. The lowest BCUT2D eigenvalue weighted by molar-refractivity contribution is 0.126. The number of piperazine rings is 1. The average Bonchev–Trinajstić information content (AvgIpc) is 3.06. The zero-order valence-corrected chi connectivity index (χ0v) is 15.1. The fourth-order valence-electron chi connectivity index (χ4n) is 3.30. The second kappa shape index (κ2) is 8.98. The topological polar surface area (TPSA) is 97.9 Å². The molecule has 8 nitrogen and oxygen atoms in total. The number of hydrogen-bond donors (Lipinski definition) is 3. The maximum absolute atomic E-state index is 9.48.